The van der Waals surface area contributed by atoms with Crippen molar-refractivity contribution in [1.29, 1.82) is 0 Å². The lowest BCUT2D eigenvalue weighted by Crippen LogP contribution is -2.13. The third-order valence-corrected chi connectivity index (χ3v) is 5.45. The monoisotopic (exact) mass is 361 g/mol. The maximum atomic E-state index is 12.4. The number of rotatable bonds is 8. The van der Waals surface area contributed by atoms with Gasteiger partial charge in [-0.3, -0.25) is 14.8 Å². The molecule has 0 amide bonds. The zero-order chi connectivity index (χ0) is 17.9. The molecule has 0 heterocycles. The van der Waals surface area contributed by atoms with Crippen molar-refractivity contribution in [3.05, 3.63) is 58.6 Å². The van der Waals surface area contributed by atoms with Gasteiger partial charge in [0, 0.05) is 18.3 Å². The first-order valence-electron chi connectivity index (χ1n) is 8.06. The Morgan fingerprint density at radius 2 is 1.84 bits per heavy atom. The van der Waals surface area contributed by atoms with Gasteiger partial charge in [0.25, 0.3) is 15.7 Å². The lowest BCUT2D eigenvalue weighted by atomic mass is 10.2. The van der Waals surface area contributed by atoms with Crippen LogP contribution in [0.25, 0.3) is 0 Å². The summed E-state index contributed by atoms with van der Waals surface area (Å²) in [7, 11) is -3.89. The van der Waals surface area contributed by atoms with Crippen molar-refractivity contribution >= 4 is 27.1 Å². The number of sulfonamides is 1. The number of nitro groups is 1. The van der Waals surface area contributed by atoms with Gasteiger partial charge in [0.2, 0.25) is 0 Å². The Morgan fingerprint density at radius 3 is 2.48 bits per heavy atom. The molecular weight excluding hydrogens is 342 g/mol. The molecule has 0 aromatic heterocycles. The summed E-state index contributed by atoms with van der Waals surface area (Å²) in [5.41, 5.74) is 0.493. The molecule has 2 aromatic carbocycles. The molecule has 0 bridgehead atoms. The van der Waals surface area contributed by atoms with E-state index < -0.39 is 14.9 Å². The van der Waals surface area contributed by atoms with Crippen LogP contribution < -0.4 is 10.0 Å². The molecule has 1 aliphatic carbocycles. The van der Waals surface area contributed by atoms with Gasteiger partial charge in [0.15, 0.2) is 0 Å². The van der Waals surface area contributed by atoms with Crippen molar-refractivity contribution in [1.82, 2.24) is 0 Å². The molecule has 2 N–H and O–H groups in total. The molecule has 2 aromatic rings. The second-order valence-electron chi connectivity index (χ2n) is 6.07. The van der Waals surface area contributed by atoms with Crippen molar-refractivity contribution in [2.45, 2.75) is 24.2 Å². The number of para-hydroxylation sites is 1. The molecular formula is C17H19N3O4S. The molecule has 0 atom stereocenters. The molecule has 7 nitrogen and oxygen atoms in total. The first-order valence-corrected chi connectivity index (χ1v) is 9.54. The number of benzene rings is 2. The summed E-state index contributed by atoms with van der Waals surface area (Å²) < 4.78 is 27.3. The summed E-state index contributed by atoms with van der Waals surface area (Å²) in [6.07, 6.45) is 3.39. The average molecular weight is 361 g/mol. The minimum atomic E-state index is -3.89. The lowest BCUT2D eigenvalue weighted by molar-refractivity contribution is -0.384. The maximum absolute atomic E-state index is 12.4. The van der Waals surface area contributed by atoms with Crippen molar-refractivity contribution in [3.8, 4) is 0 Å². The number of hydrogen-bond donors (Lipinski definition) is 2. The van der Waals surface area contributed by atoms with Gasteiger partial charge in [0.1, 0.15) is 5.69 Å². The van der Waals surface area contributed by atoms with E-state index in [2.05, 4.69) is 10.0 Å². The fraction of sp³-hybridized carbons (Fsp3) is 0.294. The normalized spacial score (nSPS) is 14.1. The number of nitrogens with zero attached hydrogens (tertiary/aromatic N) is 1. The molecule has 132 valence electrons. The van der Waals surface area contributed by atoms with E-state index in [9.17, 15) is 18.5 Å². The fourth-order valence-electron chi connectivity index (χ4n) is 2.52. The first-order chi connectivity index (χ1) is 12.0. The zero-order valence-electron chi connectivity index (χ0n) is 13.5. The van der Waals surface area contributed by atoms with Gasteiger partial charge in [0.05, 0.1) is 9.82 Å². The van der Waals surface area contributed by atoms with Gasteiger partial charge in [-0.15, -0.1) is 0 Å². The number of hydrogen-bond acceptors (Lipinski definition) is 5. The van der Waals surface area contributed by atoms with Crippen molar-refractivity contribution in [2.24, 2.45) is 5.92 Å². The molecule has 8 heteroatoms. The highest BCUT2D eigenvalue weighted by molar-refractivity contribution is 7.92. The second-order valence-corrected chi connectivity index (χ2v) is 7.75. The highest BCUT2D eigenvalue weighted by Gasteiger charge is 2.23. The van der Waals surface area contributed by atoms with Crippen LogP contribution in [0.1, 0.15) is 19.3 Å². The van der Waals surface area contributed by atoms with E-state index in [1.807, 2.05) is 0 Å². The van der Waals surface area contributed by atoms with E-state index in [0.717, 1.165) is 12.5 Å². The van der Waals surface area contributed by atoms with Gasteiger partial charge in [-0.1, -0.05) is 31.0 Å². The zero-order valence-corrected chi connectivity index (χ0v) is 14.3. The molecule has 1 aliphatic rings. The summed E-state index contributed by atoms with van der Waals surface area (Å²) in [5, 5.41) is 14.4. The molecule has 0 spiro atoms. The third kappa shape index (κ3) is 4.48. The average Bonchev–Trinajstić information content (AvgIpc) is 3.39. The topological polar surface area (TPSA) is 101 Å². The summed E-state index contributed by atoms with van der Waals surface area (Å²) in [6, 6.07) is 12.3. The summed E-state index contributed by atoms with van der Waals surface area (Å²) >= 11 is 0. The van der Waals surface area contributed by atoms with Crippen molar-refractivity contribution in [2.75, 3.05) is 16.6 Å². The van der Waals surface area contributed by atoms with Gasteiger partial charge < -0.3 is 5.32 Å². The van der Waals surface area contributed by atoms with Crippen LogP contribution in [-0.4, -0.2) is 19.9 Å². The molecule has 0 unspecified atom stereocenters. The highest BCUT2D eigenvalue weighted by atomic mass is 32.2. The van der Waals surface area contributed by atoms with Crippen molar-refractivity contribution < 1.29 is 13.3 Å². The SMILES string of the molecule is O=[N+]([O-])c1cc(S(=O)(=O)Nc2ccccc2)ccc1NCCC1CC1. The first kappa shape index (κ1) is 17.2. The lowest BCUT2D eigenvalue weighted by Gasteiger charge is -2.10. The quantitative estimate of drug-likeness (QED) is 0.552. The largest absolute Gasteiger partial charge is 0.379 e. The van der Waals surface area contributed by atoms with E-state index in [1.54, 1.807) is 30.3 Å². The third-order valence-electron chi connectivity index (χ3n) is 4.07. The van der Waals surface area contributed by atoms with Crippen LogP contribution in [-0.2, 0) is 10.0 Å². The Balaban J connectivity index is 1.80. The molecule has 0 aliphatic heterocycles. The van der Waals surface area contributed by atoms with E-state index in [0.29, 0.717) is 23.8 Å². The Morgan fingerprint density at radius 1 is 1.12 bits per heavy atom. The fourth-order valence-corrected chi connectivity index (χ4v) is 3.60. The molecule has 1 saturated carbocycles. The molecule has 25 heavy (non-hydrogen) atoms. The minimum absolute atomic E-state index is 0.143. The minimum Gasteiger partial charge on any atom is -0.379 e. The van der Waals surface area contributed by atoms with E-state index in [-0.39, 0.29) is 10.6 Å². The number of nitrogens with one attached hydrogen (secondary N) is 2. The van der Waals surface area contributed by atoms with Gasteiger partial charge in [-0.2, -0.15) is 0 Å². The van der Waals surface area contributed by atoms with Crippen LogP contribution in [0.15, 0.2) is 53.4 Å². The standard InChI is InChI=1S/C17H19N3O4S/c21-20(22)17-12-15(8-9-16(17)18-11-10-13-6-7-13)25(23,24)19-14-4-2-1-3-5-14/h1-5,8-9,12-13,18-19H,6-7,10-11H2. The molecule has 0 radical (unpaired) electrons. The van der Waals surface area contributed by atoms with E-state index in [4.69, 9.17) is 0 Å². The summed E-state index contributed by atoms with van der Waals surface area (Å²) in [5.74, 6) is 0.710. The van der Waals surface area contributed by atoms with Crippen LogP contribution >= 0.6 is 0 Å². The smallest absolute Gasteiger partial charge is 0.293 e. The molecule has 0 saturated heterocycles. The molecule has 1 fully saturated rings. The maximum Gasteiger partial charge on any atom is 0.293 e. The second kappa shape index (κ2) is 7.10. The van der Waals surface area contributed by atoms with E-state index in [1.165, 1.54) is 25.0 Å². The Hall–Kier alpha value is -2.61. The molecule has 3 rings (SSSR count). The Kier molecular flexibility index (Phi) is 4.89. The van der Waals surface area contributed by atoms with E-state index >= 15 is 0 Å². The van der Waals surface area contributed by atoms with Gasteiger partial charge in [-0.05, 0) is 36.6 Å². The summed E-state index contributed by atoms with van der Waals surface area (Å²) in [4.78, 5) is 10.6. The Bertz CT molecular complexity index is 865. The predicted octanol–water partition coefficient (Wildman–Crippen LogP) is 3.61. The Labute approximate surface area is 146 Å². The van der Waals surface area contributed by atoms with Crippen LogP contribution in [0.3, 0.4) is 0 Å². The summed E-state index contributed by atoms with van der Waals surface area (Å²) in [6.45, 7) is 0.639. The number of nitro benzene ring substituents is 1. The highest BCUT2D eigenvalue weighted by Crippen LogP contribution is 2.33. The van der Waals surface area contributed by atoms with Gasteiger partial charge >= 0.3 is 0 Å². The van der Waals surface area contributed by atoms with Crippen LogP contribution in [0.2, 0.25) is 0 Å². The predicted molar refractivity (Wildman–Crippen MR) is 96.2 cm³/mol. The van der Waals surface area contributed by atoms with Gasteiger partial charge in [-0.25, -0.2) is 8.42 Å². The number of anilines is 2. The van der Waals surface area contributed by atoms with Crippen molar-refractivity contribution in [3.63, 3.8) is 0 Å². The van der Waals surface area contributed by atoms with Crippen LogP contribution in [0, 0.1) is 16.0 Å². The van der Waals surface area contributed by atoms with Crippen LogP contribution in [0.4, 0.5) is 17.1 Å². The van der Waals surface area contributed by atoms with Crippen LogP contribution in [0.5, 0.6) is 0 Å².